The highest BCUT2D eigenvalue weighted by atomic mass is 16.1. The maximum atomic E-state index is 10.8. The quantitative estimate of drug-likeness (QED) is 0.582. The SMILES string of the molecule is CNCC(=O)NCC(C)C. The fourth-order valence-electron chi connectivity index (χ4n) is 0.541. The lowest BCUT2D eigenvalue weighted by molar-refractivity contribution is -0.120. The van der Waals surface area contributed by atoms with Gasteiger partial charge < -0.3 is 10.6 Å². The molecule has 60 valence electrons. The van der Waals surface area contributed by atoms with Crippen molar-refractivity contribution in [3.63, 3.8) is 0 Å². The van der Waals surface area contributed by atoms with Gasteiger partial charge in [-0.2, -0.15) is 0 Å². The maximum Gasteiger partial charge on any atom is 0.233 e. The van der Waals surface area contributed by atoms with Gasteiger partial charge in [-0.05, 0) is 13.0 Å². The molecule has 3 heteroatoms. The topological polar surface area (TPSA) is 41.1 Å². The minimum absolute atomic E-state index is 0.0659. The van der Waals surface area contributed by atoms with Crippen molar-refractivity contribution in [3.8, 4) is 0 Å². The van der Waals surface area contributed by atoms with Gasteiger partial charge in [-0.3, -0.25) is 4.79 Å². The van der Waals surface area contributed by atoms with Gasteiger partial charge in [-0.15, -0.1) is 0 Å². The fraction of sp³-hybridized carbons (Fsp3) is 0.857. The Labute approximate surface area is 62.2 Å². The predicted octanol–water partition coefficient (Wildman–Crippen LogP) is -0.0220. The first-order valence-corrected chi connectivity index (χ1v) is 3.58. The van der Waals surface area contributed by atoms with Crippen LogP contribution < -0.4 is 10.6 Å². The molecule has 0 rings (SSSR count). The van der Waals surface area contributed by atoms with Crippen molar-refractivity contribution in [1.29, 1.82) is 0 Å². The van der Waals surface area contributed by atoms with Crippen LogP contribution in [0, 0.1) is 5.92 Å². The van der Waals surface area contributed by atoms with Crippen molar-refractivity contribution >= 4 is 5.91 Å². The van der Waals surface area contributed by atoms with Gasteiger partial charge in [-0.1, -0.05) is 13.8 Å². The van der Waals surface area contributed by atoms with Crippen molar-refractivity contribution in [2.24, 2.45) is 5.92 Å². The molecule has 0 saturated heterocycles. The molecule has 3 nitrogen and oxygen atoms in total. The molecular weight excluding hydrogens is 128 g/mol. The molecule has 0 heterocycles. The Bertz CT molecular complexity index is 102. The van der Waals surface area contributed by atoms with Crippen LogP contribution in [0.25, 0.3) is 0 Å². The molecule has 0 spiro atoms. The van der Waals surface area contributed by atoms with E-state index in [4.69, 9.17) is 0 Å². The largest absolute Gasteiger partial charge is 0.355 e. The summed E-state index contributed by atoms with van der Waals surface area (Å²) in [6, 6.07) is 0. The molecule has 2 N–H and O–H groups in total. The molecule has 0 aliphatic carbocycles. The van der Waals surface area contributed by atoms with Crippen molar-refractivity contribution in [2.75, 3.05) is 20.1 Å². The number of amides is 1. The Balaban J connectivity index is 3.22. The van der Waals surface area contributed by atoms with Gasteiger partial charge in [0.05, 0.1) is 6.54 Å². The highest BCUT2D eigenvalue weighted by molar-refractivity contribution is 5.77. The average Bonchev–Trinajstić information content (AvgIpc) is 1.85. The van der Waals surface area contributed by atoms with Crippen molar-refractivity contribution in [1.82, 2.24) is 10.6 Å². The summed E-state index contributed by atoms with van der Waals surface area (Å²) in [5.74, 6) is 0.594. The van der Waals surface area contributed by atoms with Crippen LogP contribution in [0.15, 0.2) is 0 Å². The number of nitrogens with one attached hydrogen (secondary N) is 2. The molecule has 0 bridgehead atoms. The van der Waals surface area contributed by atoms with Crippen molar-refractivity contribution < 1.29 is 4.79 Å². The Hall–Kier alpha value is -0.570. The standard InChI is InChI=1S/C7H16N2O/c1-6(2)4-9-7(10)5-8-3/h6,8H,4-5H2,1-3H3,(H,9,10). The van der Waals surface area contributed by atoms with Gasteiger partial charge in [-0.25, -0.2) is 0 Å². The summed E-state index contributed by atoms with van der Waals surface area (Å²) in [5, 5.41) is 5.56. The monoisotopic (exact) mass is 144 g/mol. The van der Waals surface area contributed by atoms with E-state index in [9.17, 15) is 4.79 Å². The van der Waals surface area contributed by atoms with E-state index in [1.54, 1.807) is 7.05 Å². The molecular formula is C7H16N2O. The number of hydrogen-bond donors (Lipinski definition) is 2. The summed E-state index contributed by atoms with van der Waals surface area (Å²) in [6.07, 6.45) is 0. The minimum atomic E-state index is 0.0659. The first kappa shape index (κ1) is 9.43. The van der Waals surface area contributed by atoms with Gasteiger partial charge in [0, 0.05) is 6.54 Å². The molecule has 10 heavy (non-hydrogen) atoms. The Kier molecular flexibility index (Phi) is 4.94. The van der Waals surface area contributed by atoms with Crippen molar-refractivity contribution in [2.45, 2.75) is 13.8 Å². The van der Waals surface area contributed by atoms with Crippen LogP contribution in [0.5, 0.6) is 0 Å². The van der Waals surface area contributed by atoms with E-state index in [0.29, 0.717) is 12.5 Å². The summed E-state index contributed by atoms with van der Waals surface area (Å²) >= 11 is 0. The van der Waals surface area contributed by atoms with Crippen LogP contribution in [0.3, 0.4) is 0 Å². The molecule has 0 saturated carbocycles. The van der Waals surface area contributed by atoms with Crippen molar-refractivity contribution in [3.05, 3.63) is 0 Å². The molecule has 0 aliphatic heterocycles. The molecule has 0 unspecified atom stereocenters. The summed E-state index contributed by atoms with van der Waals surface area (Å²) < 4.78 is 0. The number of carbonyl (C=O) groups is 1. The lowest BCUT2D eigenvalue weighted by atomic mass is 10.2. The predicted molar refractivity (Wildman–Crippen MR) is 41.8 cm³/mol. The highest BCUT2D eigenvalue weighted by Crippen LogP contribution is 1.85. The van der Waals surface area contributed by atoms with Crippen LogP contribution in [0.2, 0.25) is 0 Å². The zero-order valence-corrected chi connectivity index (χ0v) is 6.90. The zero-order chi connectivity index (χ0) is 7.98. The summed E-state index contributed by atoms with van der Waals surface area (Å²) in [6.45, 7) is 5.31. The van der Waals surface area contributed by atoms with Gasteiger partial charge in [0.15, 0.2) is 0 Å². The van der Waals surface area contributed by atoms with Crippen LogP contribution in [0.1, 0.15) is 13.8 Å². The van der Waals surface area contributed by atoms with E-state index in [1.807, 2.05) is 0 Å². The van der Waals surface area contributed by atoms with Crippen LogP contribution in [-0.2, 0) is 4.79 Å². The molecule has 0 radical (unpaired) electrons. The molecule has 0 aromatic heterocycles. The number of carbonyl (C=O) groups excluding carboxylic acids is 1. The van der Waals surface area contributed by atoms with Gasteiger partial charge in [0.25, 0.3) is 0 Å². The van der Waals surface area contributed by atoms with E-state index in [2.05, 4.69) is 24.5 Å². The molecule has 0 aliphatic rings. The van der Waals surface area contributed by atoms with Crippen LogP contribution in [-0.4, -0.2) is 26.0 Å². The maximum absolute atomic E-state index is 10.8. The normalized spacial score (nSPS) is 10.0. The van der Waals surface area contributed by atoms with E-state index < -0.39 is 0 Å². The minimum Gasteiger partial charge on any atom is -0.355 e. The summed E-state index contributed by atoms with van der Waals surface area (Å²) in [5.41, 5.74) is 0. The molecule has 0 atom stereocenters. The van der Waals surface area contributed by atoms with E-state index in [1.165, 1.54) is 0 Å². The molecule has 0 aromatic carbocycles. The third-order valence-electron chi connectivity index (χ3n) is 1.04. The first-order chi connectivity index (χ1) is 4.66. The molecule has 0 aromatic rings. The Morgan fingerprint density at radius 3 is 2.50 bits per heavy atom. The summed E-state index contributed by atoms with van der Waals surface area (Å²) in [7, 11) is 1.76. The van der Waals surface area contributed by atoms with Crippen LogP contribution >= 0.6 is 0 Å². The number of rotatable bonds is 4. The smallest absolute Gasteiger partial charge is 0.233 e. The van der Waals surface area contributed by atoms with Gasteiger partial charge in [0.1, 0.15) is 0 Å². The third-order valence-corrected chi connectivity index (χ3v) is 1.04. The third kappa shape index (κ3) is 5.56. The second-order valence-electron chi connectivity index (χ2n) is 2.73. The lowest BCUT2D eigenvalue weighted by Gasteiger charge is -2.06. The Morgan fingerprint density at radius 2 is 2.10 bits per heavy atom. The van der Waals surface area contributed by atoms with E-state index >= 15 is 0 Å². The average molecular weight is 144 g/mol. The molecule has 1 amide bonds. The second-order valence-corrected chi connectivity index (χ2v) is 2.73. The number of hydrogen-bond acceptors (Lipinski definition) is 2. The molecule has 0 fully saturated rings. The van der Waals surface area contributed by atoms with Crippen LogP contribution in [0.4, 0.5) is 0 Å². The lowest BCUT2D eigenvalue weighted by Crippen LogP contribution is -2.34. The van der Waals surface area contributed by atoms with E-state index in [-0.39, 0.29) is 5.91 Å². The second kappa shape index (κ2) is 5.23. The zero-order valence-electron chi connectivity index (χ0n) is 6.90. The summed E-state index contributed by atoms with van der Waals surface area (Å²) in [4.78, 5) is 10.8. The van der Waals surface area contributed by atoms with Gasteiger partial charge >= 0.3 is 0 Å². The fourth-order valence-corrected chi connectivity index (χ4v) is 0.541. The van der Waals surface area contributed by atoms with Gasteiger partial charge in [0.2, 0.25) is 5.91 Å². The Morgan fingerprint density at radius 1 is 1.50 bits per heavy atom. The highest BCUT2D eigenvalue weighted by Gasteiger charge is 1.98. The van der Waals surface area contributed by atoms with E-state index in [0.717, 1.165) is 6.54 Å². The number of likely N-dealkylation sites (N-methyl/N-ethyl adjacent to an activating group) is 1. The first-order valence-electron chi connectivity index (χ1n) is 3.58.